The zero-order valence-corrected chi connectivity index (χ0v) is 20.8. The van der Waals surface area contributed by atoms with Crippen LogP contribution in [0.1, 0.15) is 26.8 Å². The van der Waals surface area contributed by atoms with Crippen molar-refractivity contribution in [3.63, 3.8) is 0 Å². The van der Waals surface area contributed by atoms with Crippen LogP contribution in [0.5, 0.6) is 0 Å². The minimum atomic E-state index is -0.111. The molecule has 6 heteroatoms. The molecular weight excluding hydrogens is 470 g/mol. The number of thiazole rings is 1. The molecule has 1 amide bonds. The monoisotopic (exact) mass is 493 g/mol. The molecule has 0 radical (unpaired) electrons. The lowest BCUT2D eigenvalue weighted by Crippen LogP contribution is -2.15. The third-order valence-corrected chi connectivity index (χ3v) is 7.51. The second kappa shape index (κ2) is 10.7. The van der Waals surface area contributed by atoms with Gasteiger partial charge in [0.15, 0.2) is 0 Å². The van der Waals surface area contributed by atoms with Gasteiger partial charge in [0.1, 0.15) is 0 Å². The van der Waals surface area contributed by atoms with E-state index in [1.54, 1.807) is 11.3 Å². The molecule has 5 rings (SSSR count). The molecule has 0 saturated heterocycles. The first-order valence-electron chi connectivity index (χ1n) is 11.2. The molecule has 4 nitrogen and oxygen atoms in total. The van der Waals surface area contributed by atoms with Gasteiger partial charge in [0, 0.05) is 28.8 Å². The highest BCUT2D eigenvalue weighted by Gasteiger charge is 2.12. The first kappa shape index (κ1) is 23.0. The lowest BCUT2D eigenvalue weighted by Gasteiger charge is -2.07. The number of carbonyl (C=O) groups excluding carboxylic acids is 1. The summed E-state index contributed by atoms with van der Waals surface area (Å²) in [5, 5.41) is 1.06. The van der Waals surface area contributed by atoms with Gasteiger partial charge in [-0.2, -0.15) is 0 Å². The summed E-state index contributed by atoms with van der Waals surface area (Å²) < 4.78 is 2.90. The van der Waals surface area contributed by atoms with Crippen LogP contribution in [-0.4, -0.2) is 15.9 Å². The van der Waals surface area contributed by atoms with Gasteiger partial charge in [-0.25, -0.2) is 4.98 Å². The quantitative estimate of drug-likeness (QED) is 0.243. The molecule has 0 aliphatic rings. The summed E-state index contributed by atoms with van der Waals surface area (Å²) in [6.45, 7) is 2.06. The van der Waals surface area contributed by atoms with Crippen LogP contribution >= 0.6 is 23.3 Å². The van der Waals surface area contributed by atoms with E-state index in [1.165, 1.54) is 16.8 Å². The normalized spacial score (nSPS) is 10.8. The summed E-state index contributed by atoms with van der Waals surface area (Å²) in [7, 11) is 0. The number of aromatic nitrogens is 2. The van der Waals surface area contributed by atoms with Crippen molar-refractivity contribution in [2.75, 3.05) is 0 Å². The average Bonchev–Trinajstić information content (AvgIpc) is 3.28. The maximum Gasteiger partial charge on any atom is 0.261 e. The SMILES string of the molecule is Cc1nc(Cc2ccccn2)sc1-c1cccc(-c2ccc(C(=O)NSc3ccccc3)cc2)c1. The molecule has 35 heavy (non-hydrogen) atoms. The molecule has 0 aliphatic carbocycles. The van der Waals surface area contributed by atoms with Crippen LogP contribution < -0.4 is 4.72 Å². The van der Waals surface area contributed by atoms with Crippen molar-refractivity contribution in [3.8, 4) is 21.6 Å². The Balaban J connectivity index is 1.30. The van der Waals surface area contributed by atoms with E-state index in [4.69, 9.17) is 4.98 Å². The van der Waals surface area contributed by atoms with Crippen LogP contribution in [0.25, 0.3) is 21.6 Å². The predicted molar refractivity (Wildman–Crippen MR) is 145 cm³/mol. The van der Waals surface area contributed by atoms with Crippen molar-refractivity contribution in [1.82, 2.24) is 14.7 Å². The summed E-state index contributed by atoms with van der Waals surface area (Å²) in [5.41, 5.74) is 5.99. The topological polar surface area (TPSA) is 54.9 Å². The van der Waals surface area contributed by atoms with Gasteiger partial charge in [-0.05, 0) is 78.0 Å². The Morgan fingerprint density at radius 2 is 1.63 bits per heavy atom. The van der Waals surface area contributed by atoms with Gasteiger partial charge in [-0.15, -0.1) is 11.3 Å². The van der Waals surface area contributed by atoms with E-state index in [-0.39, 0.29) is 5.91 Å². The molecule has 0 spiro atoms. The Morgan fingerprint density at radius 3 is 2.40 bits per heavy atom. The average molecular weight is 494 g/mol. The molecule has 0 atom stereocenters. The van der Waals surface area contributed by atoms with Crippen molar-refractivity contribution in [2.24, 2.45) is 0 Å². The lowest BCUT2D eigenvalue weighted by atomic mass is 10.0. The fourth-order valence-corrected chi connectivity index (χ4v) is 5.46. The minimum Gasteiger partial charge on any atom is -0.292 e. The number of carbonyl (C=O) groups is 1. The highest BCUT2D eigenvalue weighted by Crippen LogP contribution is 2.33. The van der Waals surface area contributed by atoms with Crippen LogP contribution in [-0.2, 0) is 6.42 Å². The van der Waals surface area contributed by atoms with Gasteiger partial charge in [0.25, 0.3) is 5.91 Å². The van der Waals surface area contributed by atoms with Crippen molar-refractivity contribution in [3.05, 3.63) is 125 Å². The number of rotatable bonds is 7. The predicted octanol–water partition coefficient (Wildman–Crippen LogP) is 7.21. The molecule has 2 aromatic heterocycles. The summed E-state index contributed by atoms with van der Waals surface area (Å²) in [5.74, 6) is -0.111. The summed E-state index contributed by atoms with van der Waals surface area (Å²) in [6, 6.07) is 31.9. The second-order valence-electron chi connectivity index (χ2n) is 8.02. The fraction of sp³-hybridized carbons (Fsp3) is 0.0690. The molecule has 0 bridgehead atoms. The van der Waals surface area contributed by atoms with Crippen LogP contribution in [0.3, 0.4) is 0 Å². The first-order valence-corrected chi connectivity index (χ1v) is 12.9. The first-order chi connectivity index (χ1) is 17.2. The minimum absolute atomic E-state index is 0.111. The van der Waals surface area contributed by atoms with Gasteiger partial charge in [0.2, 0.25) is 0 Å². The van der Waals surface area contributed by atoms with Crippen molar-refractivity contribution in [1.29, 1.82) is 0 Å². The van der Waals surface area contributed by atoms with Crippen LogP contribution in [0.2, 0.25) is 0 Å². The summed E-state index contributed by atoms with van der Waals surface area (Å²) in [6.07, 6.45) is 2.55. The van der Waals surface area contributed by atoms with Crippen molar-refractivity contribution < 1.29 is 4.79 Å². The Labute approximate surface area is 213 Å². The van der Waals surface area contributed by atoms with Gasteiger partial charge < -0.3 is 0 Å². The maximum absolute atomic E-state index is 12.5. The Hall–Kier alpha value is -3.74. The molecule has 1 N–H and O–H groups in total. The van der Waals surface area contributed by atoms with Gasteiger partial charge in [0.05, 0.1) is 15.6 Å². The van der Waals surface area contributed by atoms with Gasteiger partial charge >= 0.3 is 0 Å². The van der Waals surface area contributed by atoms with E-state index < -0.39 is 0 Å². The number of amides is 1. The number of nitrogens with one attached hydrogen (secondary N) is 1. The highest BCUT2D eigenvalue weighted by molar-refractivity contribution is 7.98. The number of benzene rings is 3. The Bertz CT molecular complexity index is 1430. The highest BCUT2D eigenvalue weighted by atomic mass is 32.2. The molecule has 0 fully saturated rings. The van der Waals surface area contributed by atoms with Crippen molar-refractivity contribution in [2.45, 2.75) is 18.2 Å². The van der Waals surface area contributed by atoms with Crippen molar-refractivity contribution >= 4 is 29.2 Å². The molecule has 172 valence electrons. The molecule has 2 heterocycles. The third kappa shape index (κ3) is 5.67. The molecule has 0 aliphatic heterocycles. The Morgan fingerprint density at radius 1 is 0.857 bits per heavy atom. The number of hydrogen-bond donors (Lipinski definition) is 1. The number of hydrogen-bond acceptors (Lipinski definition) is 5. The van der Waals surface area contributed by atoms with Crippen LogP contribution in [0.15, 0.2) is 108 Å². The number of aryl methyl sites for hydroxylation is 1. The van der Waals surface area contributed by atoms with Gasteiger partial charge in [-0.1, -0.05) is 54.6 Å². The second-order valence-corrected chi connectivity index (χ2v) is 9.99. The largest absolute Gasteiger partial charge is 0.292 e. The molecule has 3 aromatic carbocycles. The van der Waals surface area contributed by atoms with Crippen LogP contribution in [0, 0.1) is 6.92 Å². The summed E-state index contributed by atoms with van der Waals surface area (Å²) in [4.78, 5) is 23.9. The van der Waals surface area contributed by atoms with E-state index >= 15 is 0 Å². The van der Waals surface area contributed by atoms with E-state index in [1.807, 2.05) is 79.0 Å². The zero-order chi connectivity index (χ0) is 24.0. The van der Waals surface area contributed by atoms with E-state index in [0.717, 1.165) is 44.4 Å². The molecular formula is C29H23N3OS2. The standard InChI is InChI=1S/C29H23N3OS2/c1-20-28(34-27(31-20)19-25-10-5-6-17-30-25)24-9-7-8-23(18-24)21-13-15-22(16-14-21)29(33)32-35-26-11-3-2-4-12-26/h2-18H,19H2,1H3,(H,32,33). The van der Waals surface area contributed by atoms with Crippen LogP contribution in [0.4, 0.5) is 0 Å². The smallest absolute Gasteiger partial charge is 0.261 e. The Kier molecular flexibility index (Phi) is 7.02. The summed E-state index contributed by atoms with van der Waals surface area (Å²) >= 11 is 3.03. The molecule has 0 saturated carbocycles. The van der Waals surface area contributed by atoms with E-state index in [9.17, 15) is 4.79 Å². The lowest BCUT2D eigenvalue weighted by molar-refractivity contribution is 0.0984. The zero-order valence-electron chi connectivity index (χ0n) is 19.1. The maximum atomic E-state index is 12.5. The number of pyridine rings is 1. The molecule has 5 aromatic rings. The molecule has 0 unspecified atom stereocenters. The number of nitrogens with zero attached hydrogens (tertiary/aromatic N) is 2. The van der Waals surface area contributed by atoms with Gasteiger partial charge in [-0.3, -0.25) is 14.5 Å². The fourth-order valence-electron chi connectivity index (χ4n) is 3.76. The third-order valence-electron chi connectivity index (χ3n) is 5.51. The van der Waals surface area contributed by atoms with E-state index in [2.05, 4.69) is 40.9 Å². The van der Waals surface area contributed by atoms with E-state index in [0.29, 0.717) is 5.56 Å².